The zero-order chi connectivity index (χ0) is 23.3. The number of esters is 1. The Morgan fingerprint density at radius 1 is 1.03 bits per heavy atom. The van der Waals surface area contributed by atoms with Crippen LogP contribution in [0.4, 0.5) is 5.69 Å². The number of carbonyl (C=O) groups excluding carboxylic acids is 3. The molecule has 0 bridgehead atoms. The van der Waals surface area contributed by atoms with Gasteiger partial charge in [-0.05, 0) is 42.0 Å². The summed E-state index contributed by atoms with van der Waals surface area (Å²) >= 11 is 0. The van der Waals surface area contributed by atoms with E-state index in [0.717, 1.165) is 0 Å². The molecule has 2 aromatic carbocycles. The second-order valence-corrected chi connectivity index (χ2v) is 6.96. The summed E-state index contributed by atoms with van der Waals surface area (Å²) < 4.78 is 15.2. The van der Waals surface area contributed by atoms with Crippen LogP contribution in [0, 0.1) is 0 Å². The number of carbonyl (C=O) groups is 3. The van der Waals surface area contributed by atoms with Gasteiger partial charge in [-0.2, -0.15) is 0 Å². The maximum atomic E-state index is 12.7. The van der Waals surface area contributed by atoms with E-state index in [4.69, 9.17) is 13.9 Å². The fraction of sp³-hybridized carbons (Fsp3) is 0.217. The van der Waals surface area contributed by atoms with Crippen molar-refractivity contribution in [3.05, 3.63) is 70.1 Å². The highest BCUT2D eigenvalue weighted by Gasteiger charge is 2.24. The smallest absolute Gasteiger partial charge is 0.336 e. The molecule has 1 atom stereocenters. The second-order valence-electron chi connectivity index (χ2n) is 6.96. The van der Waals surface area contributed by atoms with Crippen molar-refractivity contribution in [2.45, 2.75) is 19.4 Å². The van der Waals surface area contributed by atoms with E-state index < -0.39 is 23.5 Å². The highest BCUT2D eigenvalue weighted by atomic mass is 16.5. The van der Waals surface area contributed by atoms with E-state index in [1.807, 2.05) is 0 Å². The van der Waals surface area contributed by atoms with E-state index in [-0.39, 0.29) is 17.9 Å². The molecular weight excluding hydrogens is 416 g/mol. The van der Waals surface area contributed by atoms with Gasteiger partial charge in [0.25, 0.3) is 5.91 Å². The van der Waals surface area contributed by atoms with Crippen molar-refractivity contribution in [3.8, 4) is 5.75 Å². The van der Waals surface area contributed by atoms with E-state index in [2.05, 4.69) is 10.6 Å². The number of benzene rings is 2. The molecule has 166 valence electrons. The van der Waals surface area contributed by atoms with Crippen molar-refractivity contribution in [2.24, 2.45) is 0 Å². The van der Waals surface area contributed by atoms with Gasteiger partial charge in [0, 0.05) is 42.1 Å². The SMILES string of the molecule is COC(=O)[C@H](Cc1cc(=O)oc2cc(OC)ccc12)NC(=O)c1ccc(NC(C)=O)cc1. The van der Waals surface area contributed by atoms with E-state index in [1.54, 1.807) is 30.3 Å². The minimum Gasteiger partial charge on any atom is -0.497 e. The zero-order valence-corrected chi connectivity index (χ0v) is 17.8. The van der Waals surface area contributed by atoms with Crippen molar-refractivity contribution in [1.29, 1.82) is 0 Å². The molecule has 0 aliphatic heterocycles. The van der Waals surface area contributed by atoms with Crippen LogP contribution in [-0.4, -0.2) is 38.0 Å². The molecule has 0 aliphatic carbocycles. The van der Waals surface area contributed by atoms with Crippen molar-refractivity contribution in [1.82, 2.24) is 5.32 Å². The molecule has 0 unspecified atom stereocenters. The van der Waals surface area contributed by atoms with Crippen molar-refractivity contribution < 1.29 is 28.3 Å². The molecule has 0 saturated carbocycles. The van der Waals surface area contributed by atoms with Gasteiger partial charge in [-0.15, -0.1) is 0 Å². The summed E-state index contributed by atoms with van der Waals surface area (Å²) in [5.41, 5.74) is 1.04. The Hall–Kier alpha value is -4.14. The minimum absolute atomic E-state index is 0.0107. The average Bonchev–Trinajstić information content (AvgIpc) is 2.77. The Bertz CT molecular complexity index is 1220. The first kappa shape index (κ1) is 22.5. The lowest BCUT2D eigenvalue weighted by Gasteiger charge is -2.17. The first-order valence-corrected chi connectivity index (χ1v) is 9.68. The molecule has 2 N–H and O–H groups in total. The number of hydrogen-bond donors (Lipinski definition) is 2. The summed E-state index contributed by atoms with van der Waals surface area (Å²) in [6.07, 6.45) is 0.0107. The summed E-state index contributed by atoms with van der Waals surface area (Å²) in [5, 5.41) is 5.86. The predicted molar refractivity (Wildman–Crippen MR) is 117 cm³/mol. The van der Waals surface area contributed by atoms with Gasteiger partial charge in [0.1, 0.15) is 17.4 Å². The maximum Gasteiger partial charge on any atom is 0.336 e. The van der Waals surface area contributed by atoms with Crippen LogP contribution in [0.5, 0.6) is 5.75 Å². The predicted octanol–water partition coefficient (Wildman–Crippen LogP) is 2.27. The van der Waals surface area contributed by atoms with E-state index >= 15 is 0 Å². The Balaban J connectivity index is 1.86. The van der Waals surface area contributed by atoms with Crippen LogP contribution in [-0.2, 0) is 20.7 Å². The number of hydrogen-bond acceptors (Lipinski definition) is 7. The van der Waals surface area contributed by atoms with E-state index in [1.165, 1.54) is 39.3 Å². The summed E-state index contributed by atoms with van der Waals surface area (Å²) in [5.74, 6) is -0.893. The molecular formula is C23H22N2O7. The fourth-order valence-electron chi connectivity index (χ4n) is 3.21. The van der Waals surface area contributed by atoms with Crippen molar-refractivity contribution in [2.75, 3.05) is 19.5 Å². The Kier molecular flexibility index (Phi) is 6.89. The van der Waals surface area contributed by atoms with Gasteiger partial charge in [-0.25, -0.2) is 9.59 Å². The molecule has 1 heterocycles. The molecule has 0 saturated heterocycles. The largest absolute Gasteiger partial charge is 0.497 e. The molecule has 32 heavy (non-hydrogen) atoms. The quantitative estimate of drug-likeness (QED) is 0.428. The third kappa shape index (κ3) is 5.31. The molecule has 3 aromatic rings. The standard InChI is InChI=1S/C23H22N2O7/c1-13(26)24-16-6-4-14(5-7-16)22(28)25-19(23(29)31-3)10-15-11-21(27)32-20-12-17(30-2)8-9-18(15)20/h4-9,11-12,19H,10H2,1-3H3,(H,24,26)(H,25,28)/t19-/m0/s1. The molecule has 0 fully saturated rings. The second kappa shape index (κ2) is 9.78. The van der Waals surface area contributed by atoms with Crippen LogP contribution in [0.2, 0.25) is 0 Å². The summed E-state index contributed by atoms with van der Waals surface area (Å²) in [6, 6.07) is 11.4. The van der Waals surface area contributed by atoms with Crippen molar-refractivity contribution in [3.63, 3.8) is 0 Å². The zero-order valence-electron chi connectivity index (χ0n) is 17.8. The number of anilines is 1. The first-order chi connectivity index (χ1) is 15.3. The number of fused-ring (bicyclic) bond motifs is 1. The van der Waals surface area contributed by atoms with Gasteiger partial charge in [0.05, 0.1) is 14.2 Å². The topological polar surface area (TPSA) is 124 Å². The molecule has 0 spiro atoms. The molecule has 2 amide bonds. The fourth-order valence-corrected chi connectivity index (χ4v) is 3.21. The summed E-state index contributed by atoms with van der Waals surface area (Å²) in [7, 11) is 2.71. The molecule has 9 nitrogen and oxygen atoms in total. The molecule has 9 heteroatoms. The van der Waals surface area contributed by atoms with E-state index in [0.29, 0.717) is 28.0 Å². The van der Waals surface area contributed by atoms with Gasteiger partial charge in [0.15, 0.2) is 0 Å². The molecule has 3 rings (SSSR count). The normalized spacial score (nSPS) is 11.5. The van der Waals surface area contributed by atoms with Crippen LogP contribution in [0.3, 0.4) is 0 Å². The van der Waals surface area contributed by atoms with Crippen molar-refractivity contribution >= 4 is 34.4 Å². The number of methoxy groups -OCH3 is 2. The minimum atomic E-state index is -1.05. The highest BCUT2D eigenvalue weighted by Crippen LogP contribution is 2.23. The van der Waals surface area contributed by atoms with Crippen LogP contribution in [0.25, 0.3) is 11.0 Å². The monoisotopic (exact) mass is 438 g/mol. The van der Waals surface area contributed by atoms with Gasteiger partial charge in [0.2, 0.25) is 5.91 Å². The average molecular weight is 438 g/mol. The third-order valence-electron chi connectivity index (χ3n) is 4.72. The molecule has 0 radical (unpaired) electrons. The number of amides is 2. The Labute approximate surface area is 183 Å². The lowest BCUT2D eigenvalue weighted by atomic mass is 10.0. The number of rotatable bonds is 7. The first-order valence-electron chi connectivity index (χ1n) is 9.68. The van der Waals surface area contributed by atoms with Gasteiger partial charge >= 0.3 is 11.6 Å². The number of ether oxygens (including phenoxy) is 2. The highest BCUT2D eigenvalue weighted by molar-refractivity contribution is 5.98. The van der Waals surface area contributed by atoms with Gasteiger partial charge in [-0.1, -0.05) is 0 Å². The van der Waals surface area contributed by atoms with E-state index in [9.17, 15) is 19.2 Å². The van der Waals surface area contributed by atoms with Crippen LogP contribution in [0.15, 0.2) is 57.7 Å². The summed E-state index contributed by atoms with van der Waals surface area (Å²) in [4.78, 5) is 48.3. The lowest BCUT2D eigenvalue weighted by Crippen LogP contribution is -2.43. The number of nitrogens with one attached hydrogen (secondary N) is 2. The van der Waals surface area contributed by atoms with Gasteiger partial charge < -0.3 is 24.5 Å². The molecule has 1 aromatic heterocycles. The van der Waals surface area contributed by atoms with Crippen LogP contribution in [0.1, 0.15) is 22.8 Å². The van der Waals surface area contributed by atoms with Crippen LogP contribution >= 0.6 is 0 Å². The Morgan fingerprint density at radius 2 is 1.75 bits per heavy atom. The van der Waals surface area contributed by atoms with Gasteiger partial charge in [-0.3, -0.25) is 9.59 Å². The molecule has 0 aliphatic rings. The van der Waals surface area contributed by atoms with Crippen LogP contribution < -0.4 is 21.0 Å². The maximum absolute atomic E-state index is 12.7. The summed E-state index contributed by atoms with van der Waals surface area (Å²) in [6.45, 7) is 1.38. The third-order valence-corrected chi connectivity index (χ3v) is 4.72. The Morgan fingerprint density at radius 3 is 2.38 bits per heavy atom. The lowest BCUT2D eigenvalue weighted by molar-refractivity contribution is -0.142.